The van der Waals surface area contributed by atoms with Crippen LogP contribution in [0.1, 0.15) is 19.4 Å². The van der Waals surface area contributed by atoms with E-state index in [4.69, 9.17) is 15.6 Å². The summed E-state index contributed by atoms with van der Waals surface area (Å²) >= 11 is 0. The molecule has 1 unspecified atom stereocenters. The number of ether oxygens (including phenoxy) is 1. The van der Waals surface area contributed by atoms with Crippen LogP contribution < -0.4 is 10.5 Å². The van der Waals surface area contributed by atoms with Crippen molar-refractivity contribution < 1.29 is 9.84 Å². The number of rotatable bonds is 5. The van der Waals surface area contributed by atoms with Crippen molar-refractivity contribution in [1.29, 1.82) is 0 Å². The van der Waals surface area contributed by atoms with Gasteiger partial charge in [-0.25, -0.2) is 0 Å². The van der Waals surface area contributed by atoms with E-state index in [1.165, 1.54) is 0 Å². The molecule has 0 aliphatic heterocycles. The van der Waals surface area contributed by atoms with Crippen molar-refractivity contribution in [2.24, 2.45) is 5.73 Å². The molecule has 0 amide bonds. The standard InChI is InChI=1S/C12H19NO2.ClH/c1-9(2)15-12-6-4-3-5-10(12)7-11(13)8-14;/h3-6,9,11,14H,7-8,13H2,1-2H3;1H. The molecule has 1 aromatic carbocycles. The van der Waals surface area contributed by atoms with Crippen LogP contribution in [0.2, 0.25) is 0 Å². The maximum atomic E-state index is 8.90. The number of halogens is 1. The Bertz CT molecular complexity index is 305. The molecule has 1 rings (SSSR count). The van der Waals surface area contributed by atoms with Crippen LogP contribution in [0.4, 0.5) is 0 Å². The Kier molecular flexibility index (Phi) is 7.13. The van der Waals surface area contributed by atoms with Crippen LogP contribution in [0.3, 0.4) is 0 Å². The molecule has 0 heterocycles. The zero-order valence-electron chi connectivity index (χ0n) is 9.72. The van der Waals surface area contributed by atoms with Crippen LogP contribution >= 0.6 is 12.4 Å². The lowest BCUT2D eigenvalue weighted by molar-refractivity contribution is 0.236. The highest BCUT2D eigenvalue weighted by molar-refractivity contribution is 5.85. The van der Waals surface area contributed by atoms with Gasteiger partial charge in [-0.15, -0.1) is 12.4 Å². The van der Waals surface area contributed by atoms with E-state index in [-0.39, 0.29) is 31.2 Å². The molecule has 4 heteroatoms. The van der Waals surface area contributed by atoms with Crippen molar-refractivity contribution in [3.8, 4) is 5.75 Å². The maximum Gasteiger partial charge on any atom is 0.122 e. The first kappa shape index (κ1) is 15.2. The zero-order chi connectivity index (χ0) is 11.3. The first-order chi connectivity index (χ1) is 7.13. The fourth-order valence-corrected chi connectivity index (χ4v) is 1.39. The van der Waals surface area contributed by atoms with Crippen LogP contribution in [0, 0.1) is 0 Å². The average Bonchev–Trinajstić information content (AvgIpc) is 2.20. The molecule has 0 bridgehead atoms. The lowest BCUT2D eigenvalue weighted by atomic mass is 10.1. The summed E-state index contributed by atoms with van der Waals surface area (Å²) in [5.74, 6) is 0.858. The molecule has 0 fully saturated rings. The highest BCUT2D eigenvalue weighted by Crippen LogP contribution is 2.20. The smallest absolute Gasteiger partial charge is 0.122 e. The monoisotopic (exact) mass is 245 g/mol. The number of hydrogen-bond acceptors (Lipinski definition) is 3. The number of aliphatic hydroxyl groups is 1. The third kappa shape index (κ3) is 4.84. The molecule has 1 atom stereocenters. The van der Waals surface area contributed by atoms with E-state index in [0.717, 1.165) is 11.3 Å². The van der Waals surface area contributed by atoms with Gasteiger partial charge in [-0.05, 0) is 31.9 Å². The van der Waals surface area contributed by atoms with Crippen LogP contribution in [0.5, 0.6) is 5.75 Å². The van der Waals surface area contributed by atoms with E-state index in [0.29, 0.717) is 6.42 Å². The summed E-state index contributed by atoms with van der Waals surface area (Å²) in [6, 6.07) is 7.58. The molecular formula is C12H20ClNO2. The summed E-state index contributed by atoms with van der Waals surface area (Å²) < 4.78 is 5.65. The van der Waals surface area contributed by atoms with Gasteiger partial charge in [0.05, 0.1) is 12.7 Å². The molecule has 3 nitrogen and oxygen atoms in total. The van der Waals surface area contributed by atoms with Crippen molar-refractivity contribution in [1.82, 2.24) is 0 Å². The van der Waals surface area contributed by atoms with Crippen molar-refractivity contribution in [2.75, 3.05) is 6.61 Å². The number of benzene rings is 1. The summed E-state index contributed by atoms with van der Waals surface area (Å²) in [7, 11) is 0. The molecule has 0 aliphatic carbocycles. The van der Waals surface area contributed by atoms with Gasteiger partial charge in [0.2, 0.25) is 0 Å². The van der Waals surface area contributed by atoms with Crippen LogP contribution in [0.15, 0.2) is 24.3 Å². The lowest BCUT2D eigenvalue weighted by Gasteiger charge is -2.15. The van der Waals surface area contributed by atoms with Gasteiger partial charge in [0, 0.05) is 6.04 Å². The quantitative estimate of drug-likeness (QED) is 0.831. The summed E-state index contributed by atoms with van der Waals surface area (Å²) in [6.45, 7) is 3.97. The lowest BCUT2D eigenvalue weighted by Crippen LogP contribution is -2.27. The number of para-hydroxylation sites is 1. The van der Waals surface area contributed by atoms with Gasteiger partial charge in [-0.1, -0.05) is 18.2 Å². The van der Waals surface area contributed by atoms with E-state index < -0.39 is 0 Å². The molecule has 92 valence electrons. The summed E-state index contributed by atoms with van der Waals surface area (Å²) in [5, 5.41) is 8.90. The van der Waals surface area contributed by atoms with E-state index in [1.54, 1.807) is 0 Å². The van der Waals surface area contributed by atoms with Gasteiger partial charge < -0.3 is 15.6 Å². The van der Waals surface area contributed by atoms with Crippen molar-refractivity contribution >= 4 is 12.4 Å². The Hall–Kier alpha value is -0.770. The highest BCUT2D eigenvalue weighted by atomic mass is 35.5. The first-order valence-corrected chi connectivity index (χ1v) is 5.24. The maximum absolute atomic E-state index is 8.90. The van der Waals surface area contributed by atoms with Crippen LogP contribution in [0.25, 0.3) is 0 Å². The van der Waals surface area contributed by atoms with E-state index in [2.05, 4.69) is 0 Å². The Labute approximate surface area is 103 Å². The Morgan fingerprint density at radius 2 is 1.94 bits per heavy atom. The van der Waals surface area contributed by atoms with Crippen LogP contribution in [-0.4, -0.2) is 23.9 Å². The van der Waals surface area contributed by atoms with E-state index >= 15 is 0 Å². The van der Waals surface area contributed by atoms with Gasteiger partial charge in [0.1, 0.15) is 5.75 Å². The predicted molar refractivity (Wildman–Crippen MR) is 68.2 cm³/mol. The fraction of sp³-hybridized carbons (Fsp3) is 0.500. The van der Waals surface area contributed by atoms with Crippen molar-refractivity contribution in [3.63, 3.8) is 0 Å². The Balaban J connectivity index is 0.00000225. The first-order valence-electron chi connectivity index (χ1n) is 5.24. The molecular weight excluding hydrogens is 226 g/mol. The third-order valence-electron chi connectivity index (χ3n) is 2.05. The minimum atomic E-state index is -0.220. The predicted octanol–water partition coefficient (Wildman–Crippen LogP) is 1.76. The minimum Gasteiger partial charge on any atom is -0.491 e. The molecule has 0 radical (unpaired) electrons. The second-order valence-electron chi connectivity index (χ2n) is 3.92. The molecule has 0 saturated carbocycles. The molecule has 3 N–H and O–H groups in total. The van der Waals surface area contributed by atoms with Crippen molar-refractivity contribution in [3.05, 3.63) is 29.8 Å². The molecule has 1 aromatic rings. The normalized spacial score (nSPS) is 12.1. The topological polar surface area (TPSA) is 55.5 Å². The molecule has 16 heavy (non-hydrogen) atoms. The second-order valence-corrected chi connectivity index (χ2v) is 3.92. The van der Waals surface area contributed by atoms with Gasteiger partial charge in [0.15, 0.2) is 0 Å². The van der Waals surface area contributed by atoms with Gasteiger partial charge in [0.25, 0.3) is 0 Å². The molecule has 0 spiro atoms. The average molecular weight is 246 g/mol. The SMILES string of the molecule is CC(C)Oc1ccccc1CC(N)CO.Cl. The number of hydrogen-bond donors (Lipinski definition) is 2. The zero-order valence-corrected chi connectivity index (χ0v) is 10.5. The van der Waals surface area contributed by atoms with Gasteiger partial charge >= 0.3 is 0 Å². The second kappa shape index (κ2) is 7.49. The summed E-state index contributed by atoms with van der Waals surface area (Å²) in [6.07, 6.45) is 0.788. The molecule has 0 aromatic heterocycles. The molecule has 0 saturated heterocycles. The largest absolute Gasteiger partial charge is 0.491 e. The van der Waals surface area contributed by atoms with E-state index in [9.17, 15) is 0 Å². The van der Waals surface area contributed by atoms with Gasteiger partial charge in [-0.3, -0.25) is 0 Å². The summed E-state index contributed by atoms with van der Waals surface area (Å²) in [5.41, 5.74) is 6.75. The number of nitrogens with two attached hydrogens (primary N) is 1. The van der Waals surface area contributed by atoms with Gasteiger partial charge in [-0.2, -0.15) is 0 Å². The summed E-state index contributed by atoms with van der Waals surface area (Å²) in [4.78, 5) is 0. The highest BCUT2D eigenvalue weighted by Gasteiger charge is 2.08. The van der Waals surface area contributed by atoms with Crippen LogP contribution in [-0.2, 0) is 6.42 Å². The van der Waals surface area contributed by atoms with E-state index in [1.807, 2.05) is 38.1 Å². The molecule has 0 aliphatic rings. The fourth-order valence-electron chi connectivity index (χ4n) is 1.39. The Morgan fingerprint density at radius 1 is 1.31 bits per heavy atom. The number of aliphatic hydroxyl groups excluding tert-OH is 1. The minimum absolute atomic E-state index is 0. The van der Waals surface area contributed by atoms with Crippen molar-refractivity contribution in [2.45, 2.75) is 32.4 Å². The third-order valence-corrected chi connectivity index (χ3v) is 2.05. The Morgan fingerprint density at radius 3 is 2.50 bits per heavy atom.